The third-order valence-electron chi connectivity index (χ3n) is 10.6. The van der Waals surface area contributed by atoms with Gasteiger partial charge < -0.3 is 15.3 Å². The van der Waals surface area contributed by atoms with Crippen LogP contribution in [0.2, 0.25) is 0 Å². The molecule has 0 spiro atoms. The number of carboxylic acids is 1. The molecule has 0 aromatic heterocycles. The minimum absolute atomic E-state index is 0.0125. The molecule has 0 aromatic rings. The lowest BCUT2D eigenvalue weighted by molar-refractivity contribution is -0.203. The predicted molar refractivity (Wildman–Crippen MR) is 118 cm³/mol. The van der Waals surface area contributed by atoms with Gasteiger partial charge in [0.2, 0.25) is 0 Å². The highest BCUT2D eigenvalue weighted by Crippen LogP contribution is 2.69. The van der Waals surface area contributed by atoms with Crippen LogP contribution in [0.1, 0.15) is 94.6 Å². The van der Waals surface area contributed by atoms with E-state index in [1.807, 2.05) is 6.92 Å². The molecular formula is C26H44O4. The smallest absolute Gasteiger partial charge is 0.303 e. The second kappa shape index (κ2) is 8.06. The molecule has 0 aromatic carbocycles. The molecule has 0 aliphatic heterocycles. The molecule has 3 N–H and O–H groups in total. The van der Waals surface area contributed by atoms with Crippen LogP contribution < -0.4 is 0 Å². The average Bonchev–Trinajstić information content (AvgIpc) is 3.04. The van der Waals surface area contributed by atoms with Crippen LogP contribution in [-0.4, -0.2) is 33.5 Å². The zero-order valence-corrected chi connectivity index (χ0v) is 19.3. The Balaban J connectivity index is 1.69. The van der Waals surface area contributed by atoms with E-state index in [9.17, 15) is 16.4 Å². The van der Waals surface area contributed by atoms with Crippen LogP contribution >= 0.6 is 0 Å². The Bertz CT molecular complexity index is 727. The molecule has 4 heteroatoms. The summed E-state index contributed by atoms with van der Waals surface area (Å²) in [6.07, 6.45) is 4.69. The van der Waals surface area contributed by atoms with Crippen molar-refractivity contribution in [2.75, 3.05) is 0 Å². The Labute approximate surface area is 185 Å². The Morgan fingerprint density at radius 2 is 1.77 bits per heavy atom. The van der Waals surface area contributed by atoms with Gasteiger partial charge in [-0.15, -0.1) is 0 Å². The van der Waals surface area contributed by atoms with Gasteiger partial charge in [-0.05, 0) is 104 Å². The largest absolute Gasteiger partial charge is 0.481 e. The van der Waals surface area contributed by atoms with Gasteiger partial charge in [0.15, 0.2) is 0 Å². The summed E-state index contributed by atoms with van der Waals surface area (Å²) in [5, 5.41) is 31.5. The first-order chi connectivity index (χ1) is 14.8. The van der Waals surface area contributed by atoms with Gasteiger partial charge in [0, 0.05) is 7.79 Å². The van der Waals surface area contributed by atoms with E-state index in [0.717, 1.165) is 38.5 Å². The summed E-state index contributed by atoms with van der Waals surface area (Å²) in [6, 6.07) is 0. The lowest BCUT2D eigenvalue weighted by atomic mass is 9.41. The van der Waals surface area contributed by atoms with E-state index in [1.54, 1.807) is 0 Å². The van der Waals surface area contributed by atoms with Crippen LogP contribution in [0.25, 0.3) is 0 Å². The van der Waals surface area contributed by atoms with Gasteiger partial charge in [0.25, 0.3) is 0 Å². The summed E-state index contributed by atoms with van der Waals surface area (Å²) in [6.45, 7) is 8.68. The molecule has 0 saturated heterocycles. The van der Waals surface area contributed by atoms with Crippen molar-refractivity contribution in [3.63, 3.8) is 0 Å². The second-order valence-corrected chi connectivity index (χ2v) is 11.7. The zero-order valence-electron chi connectivity index (χ0n) is 21.3. The number of aliphatic hydroxyl groups excluding tert-OH is 1. The maximum atomic E-state index is 11.9. The van der Waals surface area contributed by atoms with E-state index in [4.69, 9.17) is 6.48 Å². The molecule has 0 amide bonds. The molecule has 4 aliphatic carbocycles. The summed E-state index contributed by atoms with van der Waals surface area (Å²) in [4.78, 5) is 11.2. The van der Waals surface area contributed by atoms with E-state index in [1.165, 1.54) is 0 Å². The first-order valence-electron chi connectivity index (χ1n) is 13.5. The fraction of sp³-hybridized carbons (Fsp3) is 0.962. The Hall–Kier alpha value is -0.610. The Morgan fingerprint density at radius 1 is 1.10 bits per heavy atom. The number of hydrogen-bond donors (Lipinski definition) is 3. The first kappa shape index (κ1) is 20.0. The summed E-state index contributed by atoms with van der Waals surface area (Å²) in [5.41, 5.74) is -0.0210. The van der Waals surface area contributed by atoms with Gasteiger partial charge in [-0.25, -0.2) is 0 Å². The Kier molecular flexibility index (Phi) is 5.38. The molecular weight excluding hydrogens is 376 g/mol. The van der Waals surface area contributed by atoms with E-state index in [0.29, 0.717) is 24.7 Å². The average molecular weight is 423 g/mol. The topological polar surface area (TPSA) is 77.8 Å². The van der Waals surface area contributed by atoms with Crippen molar-refractivity contribution < 1.29 is 22.9 Å². The molecule has 4 saturated carbocycles. The highest BCUT2D eigenvalue weighted by molar-refractivity contribution is 5.66. The van der Waals surface area contributed by atoms with Gasteiger partial charge in [-0.3, -0.25) is 4.79 Å². The molecule has 4 fully saturated rings. The maximum absolute atomic E-state index is 11.9. The molecule has 4 rings (SSSR count). The third kappa shape index (κ3) is 3.36. The SMILES string of the molecule is [2H]C(C)[C@@H]1[C@@H]2C[C@H](O)CC[C@]2(C)C2CC[C@@]3(C)C(CC[C@@H]3[C@H](C)CCC(=O)O)C2C1([2H])O. The summed E-state index contributed by atoms with van der Waals surface area (Å²) in [5.74, 6) is -0.0806. The minimum Gasteiger partial charge on any atom is -0.481 e. The third-order valence-corrected chi connectivity index (χ3v) is 10.6. The highest BCUT2D eigenvalue weighted by Gasteiger charge is 2.64. The van der Waals surface area contributed by atoms with E-state index in [-0.39, 0.29) is 47.0 Å². The predicted octanol–water partition coefficient (Wildman–Crippen LogP) is 5.11. The monoisotopic (exact) mass is 422 g/mol. The normalized spacial score (nSPS) is 56.0. The van der Waals surface area contributed by atoms with Gasteiger partial charge in [0.05, 0.1) is 13.6 Å². The lowest BCUT2D eigenvalue weighted by Gasteiger charge is -2.64. The molecule has 0 radical (unpaired) electrons. The number of fused-ring (bicyclic) bond motifs is 5. The molecule has 30 heavy (non-hydrogen) atoms. The number of aliphatic carboxylic acids is 1. The van der Waals surface area contributed by atoms with Crippen molar-refractivity contribution in [3.8, 4) is 0 Å². The number of aliphatic hydroxyl groups is 2. The number of carboxylic acid groups (broad SMARTS) is 1. The van der Waals surface area contributed by atoms with E-state index < -0.39 is 24.4 Å². The zero-order chi connectivity index (χ0) is 23.6. The molecule has 5 unspecified atom stereocenters. The number of hydrogen-bond acceptors (Lipinski definition) is 3. The van der Waals surface area contributed by atoms with E-state index in [2.05, 4.69) is 20.8 Å². The Morgan fingerprint density at radius 3 is 2.43 bits per heavy atom. The van der Waals surface area contributed by atoms with Gasteiger partial charge >= 0.3 is 5.97 Å². The van der Waals surface area contributed by atoms with Crippen molar-refractivity contribution in [2.24, 2.45) is 52.3 Å². The summed E-state index contributed by atoms with van der Waals surface area (Å²) < 4.78 is 18.0. The van der Waals surface area contributed by atoms with Crippen molar-refractivity contribution in [1.29, 1.82) is 0 Å². The van der Waals surface area contributed by atoms with Crippen LogP contribution in [0.5, 0.6) is 0 Å². The van der Waals surface area contributed by atoms with Gasteiger partial charge in [0.1, 0.15) is 0 Å². The first-order valence-corrected chi connectivity index (χ1v) is 12.4. The maximum Gasteiger partial charge on any atom is 0.303 e. The van der Waals surface area contributed by atoms with Crippen LogP contribution in [-0.2, 0) is 4.79 Å². The lowest BCUT2D eigenvalue weighted by Crippen LogP contribution is -2.62. The van der Waals surface area contributed by atoms with Crippen LogP contribution in [0.15, 0.2) is 0 Å². The fourth-order valence-electron chi connectivity index (χ4n) is 9.01. The second-order valence-electron chi connectivity index (χ2n) is 11.7. The molecule has 172 valence electrons. The molecule has 0 heterocycles. The summed E-state index contributed by atoms with van der Waals surface area (Å²) in [7, 11) is 0. The fourth-order valence-corrected chi connectivity index (χ4v) is 9.01. The van der Waals surface area contributed by atoms with Crippen molar-refractivity contribution in [3.05, 3.63) is 0 Å². The van der Waals surface area contributed by atoms with E-state index >= 15 is 0 Å². The van der Waals surface area contributed by atoms with Gasteiger partial charge in [-0.1, -0.05) is 34.1 Å². The standard InChI is InChI=1S/C26H44O4/c1-5-17-21-14-16(27)10-12-26(21,4)20-11-13-25(3)18(15(2)6-9-22(28)29)7-8-19(25)23(20)24(17)30/h15-21,23-24,27,30H,5-14H2,1-4H3,(H,28,29)/t15-,16-,17-,18-,19?,20?,21+,23?,24?,25-,26-/m1/s1/i5D,24D/t5?,15-,16-,17-,18-,19?,20?,21+,23?,24?,25-,26-. The molecule has 4 aliphatic rings. The van der Waals surface area contributed by atoms with Crippen molar-refractivity contribution in [1.82, 2.24) is 0 Å². The van der Waals surface area contributed by atoms with Gasteiger partial charge in [-0.2, -0.15) is 0 Å². The van der Waals surface area contributed by atoms with Crippen LogP contribution in [0.4, 0.5) is 0 Å². The van der Waals surface area contributed by atoms with Crippen molar-refractivity contribution in [2.45, 2.75) is 104 Å². The number of carbonyl (C=O) groups is 1. The molecule has 4 nitrogen and oxygen atoms in total. The number of rotatable bonds is 5. The molecule has 0 bridgehead atoms. The van der Waals surface area contributed by atoms with Crippen LogP contribution in [0.3, 0.4) is 0 Å². The molecule has 12 atom stereocenters. The highest BCUT2D eigenvalue weighted by atomic mass is 16.4. The minimum atomic E-state index is -1.65. The quantitative estimate of drug-likeness (QED) is 0.575. The summed E-state index contributed by atoms with van der Waals surface area (Å²) >= 11 is 0. The van der Waals surface area contributed by atoms with Crippen molar-refractivity contribution >= 4 is 5.97 Å². The van der Waals surface area contributed by atoms with Crippen LogP contribution in [0, 0.1) is 52.3 Å².